The highest BCUT2D eigenvalue weighted by atomic mass is 35.5. The number of benzene rings is 1. The highest BCUT2D eigenvalue weighted by molar-refractivity contribution is 6.30. The largest absolute Gasteiger partial charge is 0.370 e. The molecule has 0 aliphatic heterocycles. The molecule has 0 bridgehead atoms. The van der Waals surface area contributed by atoms with E-state index in [1.807, 2.05) is 30.5 Å². The Labute approximate surface area is 119 Å². The molecule has 100 valence electrons. The van der Waals surface area contributed by atoms with Crippen molar-refractivity contribution in [2.24, 2.45) is 5.73 Å². The second-order valence-electron chi connectivity index (χ2n) is 4.53. The lowest BCUT2D eigenvalue weighted by molar-refractivity contribution is 0.888. The van der Waals surface area contributed by atoms with Crippen LogP contribution in [0.25, 0.3) is 0 Å². The van der Waals surface area contributed by atoms with Gasteiger partial charge in [-0.25, -0.2) is 0 Å². The molecule has 0 atom stereocenters. The second kappa shape index (κ2) is 6.55. The molecule has 0 radical (unpaired) electrons. The van der Waals surface area contributed by atoms with Crippen molar-refractivity contribution in [2.75, 3.05) is 18.5 Å². The zero-order valence-electron chi connectivity index (χ0n) is 11.0. The van der Waals surface area contributed by atoms with E-state index in [1.54, 1.807) is 6.20 Å². The first-order valence-electron chi connectivity index (χ1n) is 6.29. The molecule has 4 heteroatoms. The van der Waals surface area contributed by atoms with Crippen LogP contribution in [-0.4, -0.2) is 18.6 Å². The van der Waals surface area contributed by atoms with Gasteiger partial charge in [-0.05, 0) is 48.4 Å². The number of anilines is 1. The topological polar surface area (TPSA) is 42.2 Å². The number of pyridine rings is 1. The van der Waals surface area contributed by atoms with E-state index in [2.05, 4.69) is 23.0 Å². The Balaban J connectivity index is 2.20. The Morgan fingerprint density at radius 1 is 1.32 bits per heavy atom. The fourth-order valence-electron chi connectivity index (χ4n) is 2.13. The Morgan fingerprint density at radius 2 is 2.16 bits per heavy atom. The molecule has 0 spiro atoms. The Morgan fingerprint density at radius 3 is 2.84 bits per heavy atom. The fraction of sp³-hybridized carbons (Fsp3) is 0.267. The molecule has 2 N–H and O–H groups in total. The standard InChI is InChI=1S/C15H18ClN3/c1-19(11-12-3-2-8-18-10-12)15-5-4-14(16)9-13(15)6-7-17/h2-5,8-10H,6-7,11,17H2,1H3. The molecule has 2 rings (SSSR count). The van der Waals surface area contributed by atoms with Crippen molar-refractivity contribution < 1.29 is 0 Å². The molecule has 19 heavy (non-hydrogen) atoms. The van der Waals surface area contributed by atoms with E-state index in [-0.39, 0.29) is 0 Å². The van der Waals surface area contributed by atoms with Crippen LogP contribution in [0.5, 0.6) is 0 Å². The molecular weight excluding hydrogens is 258 g/mol. The van der Waals surface area contributed by atoms with Gasteiger partial charge in [-0.2, -0.15) is 0 Å². The summed E-state index contributed by atoms with van der Waals surface area (Å²) in [5.74, 6) is 0. The normalized spacial score (nSPS) is 10.5. The molecular formula is C15H18ClN3. The zero-order chi connectivity index (χ0) is 13.7. The summed E-state index contributed by atoms with van der Waals surface area (Å²) < 4.78 is 0. The van der Waals surface area contributed by atoms with Gasteiger partial charge in [-0.3, -0.25) is 4.98 Å². The first-order chi connectivity index (χ1) is 9.20. The van der Waals surface area contributed by atoms with Crippen LogP contribution in [0.2, 0.25) is 5.02 Å². The minimum atomic E-state index is 0.619. The summed E-state index contributed by atoms with van der Waals surface area (Å²) in [5.41, 5.74) is 9.19. The predicted octanol–water partition coefficient (Wildman–Crippen LogP) is 2.87. The maximum atomic E-state index is 6.05. The molecule has 2 aromatic rings. The third kappa shape index (κ3) is 3.69. The molecule has 3 nitrogen and oxygen atoms in total. The molecule has 0 amide bonds. The van der Waals surface area contributed by atoms with E-state index in [0.717, 1.165) is 18.0 Å². The Bertz CT molecular complexity index is 528. The van der Waals surface area contributed by atoms with Crippen molar-refractivity contribution in [3.05, 3.63) is 58.9 Å². The molecule has 0 aliphatic rings. The summed E-state index contributed by atoms with van der Waals surface area (Å²) >= 11 is 6.05. The quantitative estimate of drug-likeness (QED) is 0.912. The second-order valence-corrected chi connectivity index (χ2v) is 4.97. The number of hydrogen-bond donors (Lipinski definition) is 1. The van der Waals surface area contributed by atoms with Crippen LogP contribution in [0.3, 0.4) is 0 Å². The third-order valence-electron chi connectivity index (χ3n) is 3.01. The van der Waals surface area contributed by atoms with Crippen molar-refractivity contribution in [1.29, 1.82) is 0 Å². The van der Waals surface area contributed by atoms with Crippen LogP contribution in [0.4, 0.5) is 5.69 Å². The van der Waals surface area contributed by atoms with Gasteiger partial charge < -0.3 is 10.6 Å². The molecule has 0 unspecified atom stereocenters. The number of aromatic nitrogens is 1. The lowest BCUT2D eigenvalue weighted by atomic mass is 10.1. The monoisotopic (exact) mass is 275 g/mol. The Kier molecular flexibility index (Phi) is 4.77. The Hall–Kier alpha value is -1.58. The van der Waals surface area contributed by atoms with E-state index in [9.17, 15) is 0 Å². The van der Waals surface area contributed by atoms with Gasteiger partial charge in [-0.1, -0.05) is 17.7 Å². The first kappa shape index (κ1) is 13.8. The van der Waals surface area contributed by atoms with E-state index in [0.29, 0.717) is 6.54 Å². The van der Waals surface area contributed by atoms with Crippen molar-refractivity contribution in [2.45, 2.75) is 13.0 Å². The summed E-state index contributed by atoms with van der Waals surface area (Å²) in [6.45, 7) is 1.43. The van der Waals surface area contributed by atoms with Crippen LogP contribution in [0, 0.1) is 0 Å². The van der Waals surface area contributed by atoms with Gasteiger partial charge in [0.05, 0.1) is 0 Å². The van der Waals surface area contributed by atoms with Crippen molar-refractivity contribution in [1.82, 2.24) is 4.98 Å². The highest BCUT2D eigenvalue weighted by Gasteiger charge is 2.08. The van der Waals surface area contributed by atoms with Gasteiger partial charge in [0.15, 0.2) is 0 Å². The van der Waals surface area contributed by atoms with E-state index in [4.69, 9.17) is 17.3 Å². The van der Waals surface area contributed by atoms with Gasteiger partial charge in [0.1, 0.15) is 0 Å². The van der Waals surface area contributed by atoms with Gasteiger partial charge >= 0.3 is 0 Å². The average molecular weight is 276 g/mol. The summed E-state index contributed by atoms with van der Waals surface area (Å²) in [5, 5.41) is 0.752. The maximum absolute atomic E-state index is 6.05. The van der Waals surface area contributed by atoms with Gasteiger partial charge in [0.2, 0.25) is 0 Å². The van der Waals surface area contributed by atoms with E-state index < -0.39 is 0 Å². The summed E-state index contributed by atoms with van der Waals surface area (Å²) in [7, 11) is 2.07. The molecule has 1 aromatic heterocycles. The van der Waals surface area contributed by atoms with Crippen LogP contribution in [-0.2, 0) is 13.0 Å². The molecule has 1 heterocycles. The van der Waals surface area contributed by atoms with E-state index in [1.165, 1.54) is 16.8 Å². The minimum absolute atomic E-state index is 0.619. The van der Waals surface area contributed by atoms with Crippen molar-refractivity contribution in [3.63, 3.8) is 0 Å². The molecule has 0 fully saturated rings. The summed E-state index contributed by atoms with van der Waals surface area (Å²) in [6, 6.07) is 9.97. The lowest BCUT2D eigenvalue weighted by Crippen LogP contribution is -2.19. The maximum Gasteiger partial charge on any atom is 0.0441 e. The van der Waals surface area contributed by atoms with Crippen molar-refractivity contribution in [3.8, 4) is 0 Å². The third-order valence-corrected chi connectivity index (χ3v) is 3.24. The number of rotatable bonds is 5. The summed E-state index contributed by atoms with van der Waals surface area (Å²) in [4.78, 5) is 6.33. The minimum Gasteiger partial charge on any atom is -0.370 e. The van der Waals surface area contributed by atoms with Crippen LogP contribution in [0.15, 0.2) is 42.7 Å². The number of nitrogens with zero attached hydrogens (tertiary/aromatic N) is 2. The van der Waals surface area contributed by atoms with E-state index >= 15 is 0 Å². The summed E-state index contributed by atoms with van der Waals surface area (Å²) in [6.07, 6.45) is 4.49. The zero-order valence-corrected chi connectivity index (χ0v) is 11.8. The lowest BCUT2D eigenvalue weighted by Gasteiger charge is -2.22. The molecule has 0 saturated heterocycles. The van der Waals surface area contributed by atoms with Gasteiger partial charge in [-0.15, -0.1) is 0 Å². The molecule has 0 aliphatic carbocycles. The van der Waals surface area contributed by atoms with Crippen LogP contribution in [0.1, 0.15) is 11.1 Å². The van der Waals surface area contributed by atoms with Crippen molar-refractivity contribution >= 4 is 17.3 Å². The SMILES string of the molecule is CN(Cc1cccnc1)c1ccc(Cl)cc1CCN. The number of nitrogens with two attached hydrogens (primary N) is 1. The molecule has 1 aromatic carbocycles. The first-order valence-corrected chi connectivity index (χ1v) is 6.67. The van der Waals surface area contributed by atoms with Crippen LogP contribution >= 0.6 is 11.6 Å². The highest BCUT2D eigenvalue weighted by Crippen LogP contribution is 2.25. The van der Waals surface area contributed by atoms with Crippen LogP contribution < -0.4 is 10.6 Å². The average Bonchev–Trinajstić information content (AvgIpc) is 2.40. The fourth-order valence-corrected chi connectivity index (χ4v) is 2.33. The smallest absolute Gasteiger partial charge is 0.0441 e. The van der Waals surface area contributed by atoms with Gasteiger partial charge in [0.25, 0.3) is 0 Å². The van der Waals surface area contributed by atoms with Gasteiger partial charge in [0, 0.05) is 36.7 Å². The molecule has 0 saturated carbocycles. The number of hydrogen-bond acceptors (Lipinski definition) is 3. The predicted molar refractivity (Wildman–Crippen MR) is 80.6 cm³/mol. The number of halogens is 1.